The second-order valence-corrected chi connectivity index (χ2v) is 4.96. The highest BCUT2D eigenvalue weighted by atomic mass is 15.3. The summed E-state index contributed by atoms with van der Waals surface area (Å²) in [6, 6.07) is 2.21. The number of aryl methyl sites for hydroxylation is 2. The zero-order chi connectivity index (χ0) is 10.8. The SMILES string of the molecule is CCCCc1cc(C)nn1C(C)(C)C. The molecule has 0 unspecified atom stereocenters. The largest absolute Gasteiger partial charge is 0.264 e. The summed E-state index contributed by atoms with van der Waals surface area (Å²) < 4.78 is 2.16. The summed E-state index contributed by atoms with van der Waals surface area (Å²) in [4.78, 5) is 0. The first-order valence-corrected chi connectivity index (χ1v) is 5.51. The Bertz CT molecular complexity index is 292. The summed E-state index contributed by atoms with van der Waals surface area (Å²) in [6.07, 6.45) is 3.64. The van der Waals surface area contributed by atoms with Crippen molar-refractivity contribution in [2.24, 2.45) is 0 Å². The molecular weight excluding hydrogens is 172 g/mol. The highest BCUT2D eigenvalue weighted by Crippen LogP contribution is 2.18. The van der Waals surface area contributed by atoms with E-state index in [1.165, 1.54) is 18.5 Å². The summed E-state index contributed by atoms with van der Waals surface area (Å²) in [5, 5.41) is 4.55. The van der Waals surface area contributed by atoms with Crippen molar-refractivity contribution in [1.82, 2.24) is 9.78 Å². The van der Waals surface area contributed by atoms with E-state index in [0.29, 0.717) is 0 Å². The molecule has 0 fully saturated rings. The number of aromatic nitrogens is 2. The maximum Gasteiger partial charge on any atom is 0.0596 e. The molecule has 0 saturated heterocycles. The number of nitrogens with zero attached hydrogens (tertiary/aromatic N) is 2. The molecule has 0 N–H and O–H groups in total. The van der Waals surface area contributed by atoms with E-state index in [9.17, 15) is 0 Å². The van der Waals surface area contributed by atoms with E-state index < -0.39 is 0 Å². The molecule has 1 aromatic heterocycles. The zero-order valence-electron chi connectivity index (χ0n) is 10.1. The van der Waals surface area contributed by atoms with Gasteiger partial charge >= 0.3 is 0 Å². The Balaban J connectivity index is 2.91. The smallest absolute Gasteiger partial charge is 0.0596 e. The minimum absolute atomic E-state index is 0.108. The zero-order valence-corrected chi connectivity index (χ0v) is 10.1. The first-order chi connectivity index (χ1) is 6.45. The van der Waals surface area contributed by atoms with Crippen LogP contribution >= 0.6 is 0 Å². The van der Waals surface area contributed by atoms with Crippen LogP contribution in [0.3, 0.4) is 0 Å². The Hall–Kier alpha value is -0.790. The van der Waals surface area contributed by atoms with Gasteiger partial charge in [0.2, 0.25) is 0 Å². The molecule has 1 heterocycles. The molecule has 0 atom stereocenters. The second kappa shape index (κ2) is 4.16. The molecule has 1 aromatic rings. The molecule has 2 nitrogen and oxygen atoms in total. The van der Waals surface area contributed by atoms with Gasteiger partial charge in [0.1, 0.15) is 0 Å². The van der Waals surface area contributed by atoms with Crippen LogP contribution in [0.15, 0.2) is 6.07 Å². The topological polar surface area (TPSA) is 17.8 Å². The predicted molar refractivity (Wildman–Crippen MR) is 60.6 cm³/mol. The molecule has 1 rings (SSSR count). The lowest BCUT2D eigenvalue weighted by atomic mass is 10.1. The molecule has 0 bridgehead atoms. The van der Waals surface area contributed by atoms with Crippen LogP contribution < -0.4 is 0 Å². The molecule has 0 spiro atoms. The molecule has 2 heteroatoms. The van der Waals surface area contributed by atoms with E-state index in [1.807, 2.05) is 0 Å². The predicted octanol–water partition coefficient (Wildman–Crippen LogP) is 3.29. The highest BCUT2D eigenvalue weighted by Gasteiger charge is 2.17. The van der Waals surface area contributed by atoms with Gasteiger partial charge in [-0.1, -0.05) is 13.3 Å². The summed E-state index contributed by atoms with van der Waals surface area (Å²) >= 11 is 0. The van der Waals surface area contributed by atoms with Crippen LogP contribution in [-0.4, -0.2) is 9.78 Å². The average molecular weight is 194 g/mol. The lowest BCUT2D eigenvalue weighted by Crippen LogP contribution is -2.25. The lowest BCUT2D eigenvalue weighted by molar-refractivity contribution is 0.341. The van der Waals surface area contributed by atoms with Crippen LogP contribution in [0.2, 0.25) is 0 Å². The number of hydrogen-bond acceptors (Lipinski definition) is 1. The normalized spacial score (nSPS) is 12.1. The monoisotopic (exact) mass is 194 g/mol. The molecule has 14 heavy (non-hydrogen) atoms. The number of unbranched alkanes of at least 4 members (excludes halogenated alkanes) is 1. The van der Waals surface area contributed by atoms with Gasteiger partial charge in [-0.15, -0.1) is 0 Å². The van der Waals surface area contributed by atoms with Crippen molar-refractivity contribution in [3.63, 3.8) is 0 Å². The van der Waals surface area contributed by atoms with E-state index in [0.717, 1.165) is 12.1 Å². The van der Waals surface area contributed by atoms with Gasteiger partial charge in [0.25, 0.3) is 0 Å². The van der Waals surface area contributed by atoms with Crippen molar-refractivity contribution in [2.75, 3.05) is 0 Å². The molecule has 0 aliphatic heterocycles. The van der Waals surface area contributed by atoms with Crippen molar-refractivity contribution >= 4 is 0 Å². The summed E-state index contributed by atoms with van der Waals surface area (Å²) in [5.41, 5.74) is 2.61. The molecular formula is C12H22N2. The molecule has 80 valence electrons. The summed E-state index contributed by atoms with van der Waals surface area (Å²) in [7, 11) is 0. The van der Waals surface area contributed by atoms with Gasteiger partial charge in [0.15, 0.2) is 0 Å². The summed E-state index contributed by atoms with van der Waals surface area (Å²) in [6.45, 7) is 10.9. The van der Waals surface area contributed by atoms with Crippen molar-refractivity contribution in [2.45, 2.75) is 59.4 Å². The standard InChI is InChI=1S/C12H22N2/c1-6-7-8-11-9-10(2)13-14(11)12(3,4)5/h9H,6-8H2,1-5H3. The van der Waals surface area contributed by atoms with Gasteiger partial charge in [-0.05, 0) is 46.6 Å². The van der Waals surface area contributed by atoms with E-state index in [2.05, 4.69) is 50.5 Å². The average Bonchev–Trinajstić information content (AvgIpc) is 2.42. The van der Waals surface area contributed by atoms with Crippen molar-refractivity contribution in [1.29, 1.82) is 0 Å². The van der Waals surface area contributed by atoms with Gasteiger partial charge in [0.05, 0.1) is 11.2 Å². The van der Waals surface area contributed by atoms with E-state index in [4.69, 9.17) is 0 Å². The third-order valence-corrected chi connectivity index (χ3v) is 2.33. The van der Waals surface area contributed by atoms with Gasteiger partial charge in [-0.3, -0.25) is 4.68 Å². The van der Waals surface area contributed by atoms with Gasteiger partial charge < -0.3 is 0 Å². The first-order valence-electron chi connectivity index (χ1n) is 5.51. The van der Waals surface area contributed by atoms with Crippen molar-refractivity contribution in [3.8, 4) is 0 Å². The Morgan fingerprint density at radius 3 is 2.50 bits per heavy atom. The Morgan fingerprint density at radius 1 is 1.36 bits per heavy atom. The molecule has 0 aliphatic rings. The van der Waals surface area contributed by atoms with Gasteiger partial charge in [0, 0.05) is 5.69 Å². The fourth-order valence-corrected chi connectivity index (χ4v) is 1.67. The quantitative estimate of drug-likeness (QED) is 0.722. The highest BCUT2D eigenvalue weighted by molar-refractivity contribution is 5.11. The van der Waals surface area contributed by atoms with Crippen LogP contribution in [0.5, 0.6) is 0 Å². The Kier molecular flexibility index (Phi) is 3.35. The summed E-state index contributed by atoms with van der Waals surface area (Å²) in [5.74, 6) is 0. The van der Waals surface area contributed by atoms with Crippen molar-refractivity contribution < 1.29 is 0 Å². The number of rotatable bonds is 3. The third-order valence-electron chi connectivity index (χ3n) is 2.33. The fourth-order valence-electron chi connectivity index (χ4n) is 1.67. The van der Waals surface area contributed by atoms with Crippen LogP contribution in [0, 0.1) is 6.92 Å². The maximum absolute atomic E-state index is 4.55. The molecule has 0 amide bonds. The molecule has 0 radical (unpaired) electrons. The van der Waals surface area contributed by atoms with E-state index >= 15 is 0 Å². The van der Waals surface area contributed by atoms with E-state index in [-0.39, 0.29) is 5.54 Å². The molecule has 0 saturated carbocycles. The minimum Gasteiger partial charge on any atom is -0.264 e. The third kappa shape index (κ3) is 2.60. The van der Waals surface area contributed by atoms with Crippen LogP contribution in [0.25, 0.3) is 0 Å². The molecule has 0 aliphatic carbocycles. The maximum atomic E-state index is 4.55. The van der Waals surface area contributed by atoms with Gasteiger partial charge in [-0.25, -0.2) is 0 Å². The van der Waals surface area contributed by atoms with Crippen LogP contribution in [-0.2, 0) is 12.0 Å². The number of hydrogen-bond donors (Lipinski definition) is 0. The lowest BCUT2D eigenvalue weighted by Gasteiger charge is -2.22. The van der Waals surface area contributed by atoms with Crippen molar-refractivity contribution in [3.05, 3.63) is 17.5 Å². The van der Waals surface area contributed by atoms with E-state index in [1.54, 1.807) is 0 Å². The molecule has 0 aromatic carbocycles. The second-order valence-electron chi connectivity index (χ2n) is 4.96. The van der Waals surface area contributed by atoms with Crippen LogP contribution in [0.1, 0.15) is 51.9 Å². The fraction of sp³-hybridized carbons (Fsp3) is 0.750. The van der Waals surface area contributed by atoms with Crippen LogP contribution in [0.4, 0.5) is 0 Å². The first kappa shape index (κ1) is 11.3. The minimum atomic E-state index is 0.108. The Labute approximate surface area is 87.3 Å². The van der Waals surface area contributed by atoms with Gasteiger partial charge in [-0.2, -0.15) is 5.10 Å². The Morgan fingerprint density at radius 2 is 2.00 bits per heavy atom.